The summed E-state index contributed by atoms with van der Waals surface area (Å²) in [5, 5.41) is 2.80. The lowest BCUT2D eigenvalue weighted by molar-refractivity contribution is -0.144. The first-order valence-electron chi connectivity index (χ1n) is 7.43. The molecule has 0 aliphatic heterocycles. The van der Waals surface area contributed by atoms with E-state index in [2.05, 4.69) is 15.1 Å². The van der Waals surface area contributed by atoms with E-state index in [1.807, 2.05) is 0 Å². The van der Waals surface area contributed by atoms with Crippen LogP contribution in [-0.2, 0) is 16.3 Å². The Morgan fingerprint density at radius 3 is 2.24 bits per heavy atom. The van der Waals surface area contributed by atoms with Crippen LogP contribution in [0.25, 0.3) is 17.1 Å². The van der Waals surface area contributed by atoms with E-state index in [1.165, 1.54) is 19.2 Å². The molecule has 0 saturated heterocycles. The van der Waals surface area contributed by atoms with Crippen molar-refractivity contribution in [3.63, 3.8) is 0 Å². The molecule has 0 fully saturated rings. The molecule has 2 heterocycles. The van der Waals surface area contributed by atoms with Crippen molar-refractivity contribution >= 4 is 33.3 Å². The Labute approximate surface area is 171 Å². The van der Waals surface area contributed by atoms with Crippen LogP contribution in [-0.4, -0.2) is 39.8 Å². The van der Waals surface area contributed by atoms with E-state index in [1.54, 1.807) is 0 Å². The maximum atomic E-state index is 13.2. The van der Waals surface area contributed by atoms with Crippen LogP contribution in [0.3, 0.4) is 0 Å². The zero-order chi connectivity index (χ0) is 21.6. The van der Waals surface area contributed by atoms with Crippen LogP contribution < -0.4 is 4.74 Å². The fourth-order valence-electron chi connectivity index (χ4n) is 2.33. The summed E-state index contributed by atoms with van der Waals surface area (Å²) in [5.74, 6) is -1.61. The Bertz CT molecular complexity index is 1160. The Hall–Kier alpha value is -2.41. The molecule has 0 amide bonds. The van der Waals surface area contributed by atoms with E-state index in [4.69, 9.17) is 32.5 Å². The molecule has 1 N–H and O–H groups in total. The number of pyridine rings is 1. The molecule has 0 unspecified atom stereocenters. The highest BCUT2D eigenvalue weighted by atomic mass is 35.5. The molecular weight excluding hydrogens is 460 g/mol. The molecule has 154 valence electrons. The van der Waals surface area contributed by atoms with E-state index in [0.717, 1.165) is 23.0 Å². The first-order valence-corrected chi connectivity index (χ1v) is 9.63. The Balaban J connectivity index is 2.22. The van der Waals surface area contributed by atoms with Gasteiger partial charge in [0.15, 0.2) is 16.6 Å². The Morgan fingerprint density at radius 1 is 1.17 bits per heavy atom. The van der Waals surface area contributed by atoms with Gasteiger partial charge in [0.25, 0.3) is 5.82 Å². The minimum Gasteiger partial charge on any atom is -0.494 e. The predicted octanol–water partition coefficient (Wildman–Crippen LogP) is 3.91. The van der Waals surface area contributed by atoms with Gasteiger partial charge < -0.3 is 4.74 Å². The van der Waals surface area contributed by atoms with Crippen molar-refractivity contribution in [3.05, 3.63) is 46.3 Å². The number of aromatic nitrogens is 4. The van der Waals surface area contributed by atoms with Crippen LogP contribution in [0.5, 0.6) is 5.75 Å². The largest absolute Gasteiger partial charge is 0.494 e. The van der Waals surface area contributed by atoms with Gasteiger partial charge in [-0.25, -0.2) is 14.6 Å². The summed E-state index contributed by atoms with van der Waals surface area (Å²) < 4.78 is 76.5. The lowest BCUT2D eigenvalue weighted by atomic mass is 10.2. The standard InChI is InChI=1S/C15H9Cl2F3N4O4S/c1-28-12-9(16)4-7(5-10(12)17)13-22-14(15(18,19)20)23-24(13)8-2-3-11(21-6-8)29(25,26)27/h2-6H,1H3,(H,25,26,27). The molecule has 0 saturated carbocycles. The summed E-state index contributed by atoms with van der Waals surface area (Å²) in [6.45, 7) is 0. The van der Waals surface area contributed by atoms with Gasteiger partial charge in [0, 0.05) is 5.56 Å². The lowest BCUT2D eigenvalue weighted by Crippen LogP contribution is -2.09. The van der Waals surface area contributed by atoms with Crippen molar-refractivity contribution in [2.24, 2.45) is 0 Å². The quantitative estimate of drug-likeness (QED) is 0.578. The molecule has 0 radical (unpaired) electrons. The number of halogens is 5. The van der Waals surface area contributed by atoms with Gasteiger partial charge in [0.1, 0.15) is 0 Å². The lowest BCUT2D eigenvalue weighted by Gasteiger charge is -2.10. The number of benzene rings is 1. The fraction of sp³-hybridized carbons (Fsp3) is 0.133. The van der Waals surface area contributed by atoms with Crippen LogP contribution in [0.2, 0.25) is 10.0 Å². The Morgan fingerprint density at radius 2 is 1.79 bits per heavy atom. The number of alkyl halides is 3. The Kier molecular flexibility index (Phi) is 5.47. The minimum atomic E-state index is -4.86. The van der Waals surface area contributed by atoms with Crippen molar-refractivity contribution in [1.82, 2.24) is 19.7 Å². The third-order valence-corrected chi connectivity index (χ3v) is 4.88. The molecule has 0 atom stereocenters. The average Bonchev–Trinajstić information content (AvgIpc) is 3.06. The molecular formula is C15H9Cl2F3N4O4S. The monoisotopic (exact) mass is 468 g/mol. The molecule has 1 aromatic carbocycles. The van der Waals surface area contributed by atoms with E-state index in [0.29, 0.717) is 0 Å². The summed E-state index contributed by atoms with van der Waals surface area (Å²) >= 11 is 12.1. The van der Waals surface area contributed by atoms with Crippen molar-refractivity contribution < 1.29 is 30.9 Å². The number of nitrogens with zero attached hydrogens (tertiary/aromatic N) is 4. The number of hydrogen-bond acceptors (Lipinski definition) is 6. The summed E-state index contributed by atoms with van der Waals surface area (Å²) in [6.07, 6.45) is -3.95. The van der Waals surface area contributed by atoms with Gasteiger partial charge in [0.05, 0.1) is 29.0 Å². The van der Waals surface area contributed by atoms with Crippen molar-refractivity contribution in [2.45, 2.75) is 11.2 Å². The molecule has 3 aromatic rings. The average molecular weight is 469 g/mol. The van der Waals surface area contributed by atoms with Gasteiger partial charge in [-0.15, -0.1) is 5.10 Å². The van der Waals surface area contributed by atoms with Crippen LogP contribution in [0.1, 0.15) is 5.82 Å². The second kappa shape index (κ2) is 7.44. The van der Waals surface area contributed by atoms with Crippen molar-refractivity contribution in [3.8, 4) is 22.8 Å². The fourth-order valence-corrected chi connectivity index (χ4v) is 3.40. The van der Waals surface area contributed by atoms with Crippen LogP contribution in [0.4, 0.5) is 13.2 Å². The third kappa shape index (κ3) is 4.29. The van der Waals surface area contributed by atoms with E-state index >= 15 is 0 Å². The predicted molar refractivity (Wildman–Crippen MR) is 96.0 cm³/mol. The number of ether oxygens (including phenoxy) is 1. The molecule has 3 rings (SSSR count). The van der Waals surface area contributed by atoms with Gasteiger partial charge >= 0.3 is 16.3 Å². The van der Waals surface area contributed by atoms with E-state index < -0.39 is 27.1 Å². The zero-order valence-electron chi connectivity index (χ0n) is 14.1. The third-order valence-electron chi connectivity index (χ3n) is 3.55. The van der Waals surface area contributed by atoms with Crippen LogP contribution in [0.15, 0.2) is 35.5 Å². The topological polar surface area (TPSA) is 107 Å². The molecule has 0 bridgehead atoms. The first kappa shape index (κ1) is 21.3. The number of rotatable bonds is 4. The molecule has 0 aliphatic carbocycles. The van der Waals surface area contributed by atoms with Gasteiger partial charge in [-0.1, -0.05) is 23.2 Å². The highest BCUT2D eigenvalue weighted by Crippen LogP contribution is 2.38. The smallest absolute Gasteiger partial charge is 0.453 e. The maximum Gasteiger partial charge on any atom is 0.453 e. The second-order valence-corrected chi connectivity index (χ2v) is 7.65. The minimum absolute atomic E-state index is 0.0259. The van der Waals surface area contributed by atoms with Gasteiger partial charge in [-0.05, 0) is 24.3 Å². The van der Waals surface area contributed by atoms with Crippen LogP contribution in [0, 0.1) is 0 Å². The molecule has 14 heteroatoms. The van der Waals surface area contributed by atoms with E-state index in [9.17, 15) is 21.6 Å². The van der Waals surface area contributed by atoms with Gasteiger partial charge in [-0.3, -0.25) is 4.55 Å². The molecule has 2 aromatic heterocycles. The summed E-state index contributed by atoms with van der Waals surface area (Å²) in [6, 6.07) is 4.57. The van der Waals surface area contributed by atoms with Gasteiger partial charge in [0.2, 0.25) is 0 Å². The highest BCUT2D eigenvalue weighted by molar-refractivity contribution is 7.85. The SMILES string of the molecule is COc1c(Cl)cc(-c2nc(C(F)(F)F)nn2-c2ccc(S(=O)(=O)O)nc2)cc1Cl. The zero-order valence-corrected chi connectivity index (χ0v) is 16.5. The summed E-state index contributed by atoms with van der Waals surface area (Å²) in [5.41, 5.74) is 0.0288. The van der Waals surface area contributed by atoms with Crippen LogP contribution >= 0.6 is 23.2 Å². The van der Waals surface area contributed by atoms with Crippen molar-refractivity contribution in [2.75, 3.05) is 7.11 Å². The van der Waals surface area contributed by atoms with Gasteiger partial charge in [-0.2, -0.15) is 21.6 Å². The molecule has 8 nitrogen and oxygen atoms in total. The molecule has 0 aliphatic rings. The maximum absolute atomic E-state index is 13.2. The van der Waals surface area contributed by atoms with E-state index in [-0.39, 0.29) is 32.9 Å². The number of methoxy groups -OCH3 is 1. The normalized spacial score (nSPS) is 12.2. The molecule has 0 spiro atoms. The first-order chi connectivity index (χ1) is 13.4. The summed E-state index contributed by atoms with van der Waals surface area (Å²) in [7, 11) is -3.27. The molecule has 29 heavy (non-hydrogen) atoms. The van der Waals surface area contributed by atoms with Crippen molar-refractivity contribution in [1.29, 1.82) is 0 Å². The second-order valence-electron chi connectivity index (χ2n) is 5.47. The number of hydrogen-bond donors (Lipinski definition) is 1. The highest BCUT2D eigenvalue weighted by Gasteiger charge is 2.37. The summed E-state index contributed by atoms with van der Waals surface area (Å²) in [4.78, 5) is 7.03.